The molecule has 19 heavy (non-hydrogen) atoms. The van der Waals surface area contributed by atoms with Crippen LogP contribution in [0.3, 0.4) is 0 Å². The predicted octanol–water partition coefficient (Wildman–Crippen LogP) is 2.02. The normalized spacial score (nSPS) is 24.7. The Balaban J connectivity index is 2.25. The second-order valence-corrected chi connectivity index (χ2v) is 4.24. The van der Waals surface area contributed by atoms with Gasteiger partial charge in [0.1, 0.15) is 0 Å². The number of esters is 1. The maximum atomic E-state index is 14.2. The molecule has 0 fully saturated rings. The topological polar surface area (TPSA) is 52.6 Å². The molecule has 0 saturated carbocycles. The molecule has 1 unspecified atom stereocenters. The zero-order valence-corrected chi connectivity index (χ0v) is 9.98. The largest absolute Gasteiger partial charge is 0.493 e. The Morgan fingerprint density at radius 1 is 1.26 bits per heavy atom. The Labute approximate surface area is 108 Å². The molecule has 1 aromatic carbocycles. The van der Waals surface area contributed by atoms with E-state index in [-0.39, 0.29) is 11.3 Å². The third-order valence-electron chi connectivity index (χ3n) is 3.21. The average Bonchev–Trinajstić information content (AvgIpc) is 2.69. The number of carbonyl (C=O) groups is 2. The highest BCUT2D eigenvalue weighted by Crippen LogP contribution is 2.46. The zero-order chi connectivity index (χ0) is 13.6. The van der Waals surface area contributed by atoms with Crippen molar-refractivity contribution >= 4 is 11.8 Å². The number of allylic oxidation sites excluding steroid dienone is 1. The van der Waals surface area contributed by atoms with Crippen molar-refractivity contribution in [2.24, 2.45) is 0 Å². The second-order valence-electron chi connectivity index (χ2n) is 4.24. The van der Waals surface area contributed by atoms with Crippen LogP contribution in [0.15, 0.2) is 48.0 Å². The van der Waals surface area contributed by atoms with Gasteiger partial charge in [-0.05, 0) is 6.07 Å². The van der Waals surface area contributed by atoms with Crippen molar-refractivity contribution < 1.29 is 23.5 Å². The predicted molar refractivity (Wildman–Crippen MR) is 62.8 cm³/mol. The first-order valence-electron chi connectivity index (χ1n) is 5.60. The van der Waals surface area contributed by atoms with E-state index in [1.165, 1.54) is 13.2 Å². The molecular formula is C14H9FO4. The SMILES string of the molecule is COC1=CC2(OC(=O)c3ccccc32)C(F)=CC1=O. The number of rotatable bonds is 1. The van der Waals surface area contributed by atoms with Crippen molar-refractivity contribution in [3.63, 3.8) is 0 Å². The molecule has 1 heterocycles. The molecule has 1 aliphatic heterocycles. The van der Waals surface area contributed by atoms with Gasteiger partial charge in [0, 0.05) is 17.7 Å². The van der Waals surface area contributed by atoms with Crippen molar-refractivity contribution in [1.82, 2.24) is 0 Å². The van der Waals surface area contributed by atoms with E-state index in [0.29, 0.717) is 5.56 Å². The molecule has 0 amide bonds. The molecule has 1 aliphatic carbocycles. The third kappa shape index (κ3) is 1.44. The van der Waals surface area contributed by atoms with E-state index in [1.807, 2.05) is 0 Å². The smallest absolute Gasteiger partial charge is 0.340 e. The Morgan fingerprint density at radius 3 is 2.74 bits per heavy atom. The van der Waals surface area contributed by atoms with E-state index < -0.39 is 23.2 Å². The van der Waals surface area contributed by atoms with E-state index in [1.54, 1.807) is 24.3 Å². The van der Waals surface area contributed by atoms with Crippen LogP contribution in [0, 0.1) is 0 Å². The Hall–Kier alpha value is -2.43. The van der Waals surface area contributed by atoms with Gasteiger partial charge in [0.15, 0.2) is 11.6 Å². The number of hydrogen-bond acceptors (Lipinski definition) is 4. The number of halogens is 1. The lowest BCUT2D eigenvalue weighted by atomic mass is 9.86. The maximum absolute atomic E-state index is 14.2. The number of hydrogen-bond donors (Lipinski definition) is 0. The monoisotopic (exact) mass is 260 g/mol. The summed E-state index contributed by atoms with van der Waals surface area (Å²) in [6.07, 6.45) is 1.99. The Morgan fingerprint density at radius 2 is 2.00 bits per heavy atom. The zero-order valence-electron chi connectivity index (χ0n) is 9.98. The van der Waals surface area contributed by atoms with Gasteiger partial charge in [0.05, 0.1) is 12.7 Å². The lowest BCUT2D eigenvalue weighted by Crippen LogP contribution is -2.30. The Bertz CT molecular complexity index is 659. The summed E-state index contributed by atoms with van der Waals surface area (Å²) in [6.45, 7) is 0. The van der Waals surface area contributed by atoms with Gasteiger partial charge >= 0.3 is 5.97 Å². The fourth-order valence-electron chi connectivity index (χ4n) is 2.30. The third-order valence-corrected chi connectivity index (χ3v) is 3.21. The van der Waals surface area contributed by atoms with E-state index in [4.69, 9.17) is 9.47 Å². The summed E-state index contributed by atoms with van der Waals surface area (Å²) < 4.78 is 24.3. The average molecular weight is 260 g/mol. The van der Waals surface area contributed by atoms with Crippen molar-refractivity contribution in [3.05, 3.63) is 59.1 Å². The molecule has 3 rings (SSSR count). The minimum atomic E-state index is -1.67. The van der Waals surface area contributed by atoms with Crippen LogP contribution < -0.4 is 0 Å². The van der Waals surface area contributed by atoms with Crippen LogP contribution in [0.25, 0.3) is 0 Å². The summed E-state index contributed by atoms with van der Waals surface area (Å²) >= 11 is 0. The molecular weight excluding hydrogens is 251 g/mol. The van der Waals surface area contributed by atoms with Crippen LogP contribution in [-0.4, -0.2) is 18.9 Å². The van der Waals surface area contributed by atoms with E-state index in [0.717, 1.165) is 6.08 Å². The van der Waals surface area contributed by atoms with Gasteiger partial charge in [0.2, 0.25) is 11.4 Å². The summed E-state index contributed by atoms with van der Waals surface area (Å²) in [5.74, 6) is -2.09. The highest BCUT2D eigenvalue weighted by molar-refractivity contribution is 6.05. The van der Waals surface area contributed by atoms with Crippen LogP contribution in [0.5, 0.6) is 0 Å². The lowest BCUT2D eigenvalue weighted by molar-refractivity contribution is -0.115. The summed E-state index contributed by atoms with van der Waals surface area (Å²) in [4.78, 5) is 23.3. The molecule has 0 N–H and O–H groups in total. The molecule has 5 heteroatoms. The number of fused-ring (bicyclic) bond motifs is 2. The van der Waals surface area contributed by atoms with Crippen LogP contribution in [-0.2, 0) is 19.9 Å². The van der Waals surface area contributed by atoms with Gasteiger partial charge in [-0.25, -0.2) is 9.18 Å². The van der Waals surface area contributed by atoms with Gasteiger partial charge in [0.25, 0.3) is 0 Å². The molecule has 4 nitrogen and oxygen atoms in total. The highest BCUT2D eigenvalue weighted by Gasteiger charge is 2.50. The highest BCUT2D eigenvalue weighted by atomic mass is 19.1. The summed E-state index contributed by atoms with van der Waals surface area (Å²) in [5.41, 5.74) is -1.02. The van der Waals surface area contributed by atoms with Crippen LogP contribution in [0.1, 0.15) is 15.9 Å². The Kier molecular flexibility index (Phi) is 2.32. The van der Waals surface area contributed by atoms with Crippen molar-refractivity contribution in [2.45, 2.75) is 5.60 Å². The fourth-order valence-corrected chi connectivity index (χ4v) is 2.30. The van der Waals surface area contributed by atoms with Gasteiger partial charge in [-0.1, -0.05) is 18.2 Å². The maximum Gasteiger partial charge on any atom is 0.340 e. The van der Waals surface area contributed by atoms with Gasteiger partial charge in [-0.3, -0.25) is 4.79 Å². The van der Waals surface area contributed by atoms with Crippen LogP contribution >= 0.6 is 0 Å². The molecule has 1 spiro atoms. The number of benzene rings is 1. The second kappa shape index (κ2) is 3.78. The first-order valence-corrected chi connectivity index (χ1v) is 5.60. The van der Waals surface area contributed by atoms with Gasteiger partial charge < -0.3 is 9.47 Å². The summed E-state index contributed by atoms with van der Waals surface area (Å²) in [6, 6.07) is 6.48. The number of carbonyl (C=O) groups excluding carboxylic acids is 2. The molecule has 1 atom stereocenters. The van der Waals surface area contributed by atoms with Crippen LogP contribution in [0.4, 0.5) is 4.39 Å². The molecule has 96 valence electrons. The van der Waals surface area contributed by atoms with Crippen molar-refractivity contribution in [1.29, 1.82) is 0 Å². The molecule has 0 bridgehead atoms. The molecule has 0 aromatic heterocycles. The van der Waals surface area contributed by atoms with Crippen molar-refractivity contribution in [3.8, 4) is 0 Å². The summed E-state index contributed by atoms with van der Waals surface area (Å²) in [5, 5.41) is 0. The van der Waals surface area contributed by atoms with Gasteiger partial charge in [-0.2, -0.15) is 0 Å². The number of ketones is 1. The molecule has 0 radical (unpaired) electrons. The fraction of sp³-hybridized carbons (Fsp3) is 0.143. The first kappa shape index (κ1) is 11.6. The van der Waals surface area contributed by atoms with E-state index in [9.17, 15) is 14.0 Å². The molecule has 0 saturated heterocycles. The summed E-state index contributed by atoms with van der Waals surface area (Å²) in [7, 11) is 1.30. The minimum Gasteiger partial charge on any atom is -0.493 e. The van der Waals surface area contributed by atoms with Gasteiger partial charge in [-0.15, -0.1) is 0 Å². The molecule has 2 aliphatic rings. The first-order chi connectivity index (χ1) is 9.08. The van der Waals surface area contributed by atoms with Crippen LogP contribution in [0.2, 0.25) is 0 Å². The van der Waals surface area contributed by atoms with Crippen molar-refractivity contribution in [2.75, 3.05) is 7.11 Å². The quantitative estimate of drug-likeness (QED) is 0.725. The van der Waals surface area contributed by atoms with E-state index >= 15 is 0 Å². The lowest BCUT2D eigenvalue weighted by Gasteiger charge is -2.26. The minimum absolute atomic E-state index is 0.0501. The number of ether oxygens (including phenoxy) is 2. The van der Waals surface area contributed by atoms with E-state index in [2.05, 4.69) is 0 Å². The molecule has 1 aromatic rings. The standard InChI is InChI=1S/C14H9FO4/c1-18-11-7-14(12(15)6-10(11)16)9-5-3-2-4-8(9)13(17)19-14/h2-7H,1H3. The number of methoxy groups -OCH3 is 1.